The van der Waals surface area contributed by atoms with Gasteiger partial charge >= 0.3 is 6.18 Å². The Morgan fingerprint density at radius 3 is 2.38 bits per heavy atom. The van der Waals surface area contributed by atoms with Crippen LogP contribution in [-0.4, -0.2) is 22.8 Å². The molecule has 0 fully saturated rings. The SMILES string of the molecule is COc1ccc(C(F)(F)F)cc1NC(=O)Cn1nc(-c2cc(C)c(C)cc2C)ccc1=O. The lowest BCUT2D eigenvalue weighted by Crippen LogP contribution is -2.29. The highest BCUT2D eigenvalue weighted by Gasteiger charge is 2.31. The van der Waals surface area contributed by atoms with Crippen molar-refractivity contribution in [2.24, 2.45) is 0 Å². The number of aryl methyl sites for hydroxylation is 3. The molecule has 0 bridgehead atoms. The summed E-state index contributed by atoms with van der Waals surface area (Å²) in [6.07, 6.45) is -4.58. The van der Waals surface area contributed by atoms with Gasteiger partial charge in [0.15, 0.2) is 0 Å². The number of alkyl halides is 3. The molecule has 0 unspecified atom stereocenters. The Kier molecular flexibility index (Phi) is 6.38. The van der Waals surface area contributed by atoms with Crippen LogP contribution in [0.2, 0.25) is 0 Å². The van der Waals surface area contributed by atoms with Crippen molar-refractivity contribution in [1.82, 2.24) is 9.78 Å². The summed E-state index contributed by atoms with van der Waals surface area (Å²) in [7, 11) is 1.28. The maximum atomic E-state index is 13.0. The van der Waals surface area contributed by atoms with E-state index in [4.69, 9.17) is 4.74 Å². The van der Waals surface area contributed by atoms with Gasteiger partial charge < -0.3 is 10.1 Å². The number of hydrogen-bond acceptors (Lipinski definition) is 4. The first-order valence-corrected chi connectivity index (χ1v) is 9.71. The van der Waals surface area contributed by atoms with Crippen molar-refractivity contribution in [2.45, 2.75) is 33.5 Å². The van der Waals surface area contributed by atoms with E-state index in [0.29, 0.717) is 5.69 Å². The summed E-state index contributed by atoms with van der Waals surface area (Å²) >= 11 is 0. The number of ether oxygens (including phenoxy) is 1. The predicted octanol–water partition coefficient (Wildman–Crippen LogP) is 4.50. The van der Waals surface area contributed by atoms with Crippen LogP contribution in [0.3, 0.4) is 0 Å². The molecule has 0 aliphatic rings. The number of halogens is 3. The van der Waals surface area contributed by atoms with Crippen LogP contribution in [0.4, 0.5) is 18.9 Å². The van der Waals surface area contributed by atoms with Crippen LogP contribution < -0.4 is 15.6 Å². The normalized spacial score (nSPS) is 11.3. The molecule has 3 rings (SSSR count). The molecule has 168 valence electrons. The summed E-state index contributed by atoms with van der Waals surface area (Å²) < 4.78 is 45.1. The van der Waals surface area contributed by atoms with Crippen molar-refractivity contribution < 1.29 is 22.7 Å². The van der Waals surface area contributed by atoms with Crippen LogP contribution in [0.15, 0.2) is 47.3 Å². The van der Waals surface area contributed by atoms with Crippen molar-refractivity contribution in [3.05, 3.63) is 75.1 Å². The van der Waals surface area contributed by atoms with Gasteiger partial charge in [0.25, 0.3) is 5.56 Å². The quantitative estimate of drug-likeness (QED) is 0.628. The zero-order valence-electron chi connectivity index (χ0n) is 18.0. The molecule has 0 spiro atoms. The molecule has 2 aromatic carbocycles. The average Bonchev–Trinajstić information content (AvgIpc) is 2.71. The lowest BCUT2D eigenvalue weighted by molar-refractivity contribution is -0.137. The summed E-state index contributed by atoms with van der Waals surface area (Å²) in [6.45, 7) is 5.40. The molecule has 1 heterocycles. The van der Waals surface area contributed by atoms with Crippen LogP contribution in [0.25, 0.3) is 11.3 Å². The fourth-order valence-corrected chi connectivity index (χ4v) is 3.25. The van der Waals surface area contributed by atoms with Crippen molar-refractivity contribution in [2.75, 3.05) is 12.4 Å². The number of aromatic nitrogens is 2. The van der Waals surface area contributed by atoms with Crippen molar-refractivity contribution in [3.63, 3.8) is 0 Å². The third-order valence-corrected chi connectivity index (χ3v) is 5.08. The molecular formula is C23H22F3N3O3. The summed E-state index contributed by atoms with van der Waals surface area (Å²) in [6, 6.07) is 9.59. The third kappa shape index (κ3) is 4.99. The first kappa shape index (κ1) is 23.1. The van der Waals surface area contributed by atoms with Gasteiger partial charge in [-0.1, -0.05) is 6.07 Å². The molecule has 1 N–H and O–H groups in total. The number of carbonyl (C=O) groups is 1. The van der Waals surface area contributed by atoms with E-state index in [1.807, 2.05) is 32.9 Å². The van der Waals surface area contributed by atoms with Crippen LogP contribution in [0, 0.1) is 20.8 Å². The zero-order valence-corrected chi connectivity index (χ0v) is 18.0. The van der Waals surface area contributed by atoms with E-state index in [0.717, 1.165) is 45.1 Å². The summed E-state index contributed by atoms with van der Waals surface area (Å²) in [4.78, 5) is 24.8. The first-order valence-electron chi connectivity index (χ1n) is 9.71. The van der Waals surface area contributed by atoms with E-state index in [1.54, 1.807) is 6.07 Å². The van der Waals surface area contributed by atoms with Gasteiger partial charge in [-0.3, -0.25) is 9.59 Å². The fourth-order valence-electron chi connectivity index (χ4n) is 3.25. The number of amides is 1. The lowest BCUT2D eigenvalue weighted by Gasteiger charge is -2.14. The van der Waals surface area contributed by atoms with Crippen molar-refractivity contribution in [1.29, 1.82) is 0 Å². The van der Waals surface area contributed by atoms with E-state index in [-0.39, 0.29) is 11.4 Å². The van der Waals surface area contributed by atoms with E-state index in [1.165, 1.54) is 13.2 Å². The highest BCUT2D eigenvalue weighted by Crippen LogP contribution is 2.35. The molecule has 0 aliphatic carbocycles. The van der Waals surface area contributed by atoms with E-state index in [9.17, 15) is 22.8 Å². The number of nitrogens with one attached hydrogen (secondary N) is 1. The molecule has 0 saturated heterocycles. The third-order valence-electron chi connectivity index (χ3n) is 5.08. The molecule has 1 aromatic heterocycles. The summed E-state index contributed by atoms with van der Waals surface area (Å²) in [5.41, 5.74) is 2.87. The second-order valence-electron chi connectivity index (χ2n) is 7.43. The smallest absolute Gasteiger partial charge is 0.416 e. The number of anilines is 1. The molecular weight excluding hydrogens is 423 g/mol. The van der Waals surface area contributed by atoms with Gasteiger partial charge in [-0.15, -0.1) is 0 Å². The molecule has 32 heavy (non-hydrogen) atoms. The topological polar surface area (TPSA) is 73.2 Å². The van der Waals surface area contributed by atoms with Gasteiger partial charge in [0.1, 0.15) is 12.3 Å². The Morgan fingerprint density at radius 2 is 1.72 bits per heavy atom. The van der Waals surface area contributed by atoms with E-state index in [2.05, 4.69) is 10.4 Å². The van der Waals surface area contributed by atoms with Crippen molar-refractivity contribution >= 4 is 11.6 Å². The van der Waals surface area contributed by atoms with Gasteiger partial charge in [-0.25, -0.2) is 4.68 Å². The standard InChI is InChI=1S/C23H22F3N3O3/c1-13-9-15(3)17(10-14(13)2)18-6-8-22(31)29(28-18)12-21(30)27-19-11-16(23(24,25)26)5-7-20(19)32-4/h5-11H,12H2,1-4H3,(H,27,30). The average molecular weight is 445 g/mol. The lowest BCUT2D eigenvalue weighted by atomic mass is 9.99. The minimum absolute atomic E-state index is 0.0613. The maximum Gasteiger partial charge on any atom is 0.416 e. The Bertz CT molecular complexity index is 1230. The maximum absolute atomic E-state index is 13.0. The number of carbonyl (C=O) groups excluding carboxylic acids is 1. The molecule has 0 aliphatic heterocycles. The second kappa shape index (κ2) is 8.86. The zero-order chi connectivity index (χ0) is 23.6. The minimum atomic E-state index is -4.58. The Hall–Kier alpha value is -3.62. The monoisotopic (exact) mass is 445 g/mol. The van der Waals surface area contributed by atoms with Crippen LogP contribution in [0.1, 0.15) is 22.3 Å². The van der Waals surface area contributed by atoms with Crippen LogP contribution >= 0.6 is 0 Å². The molecule has 3 aromatic rings. The largest absolute Gasteiger partial charge is 0.495 e. The second-order valence-corrected chi connectivity index (χ2v) is 7.43. The summed E-state index contributed by atoms with van der Waals surface area (Å²) in [5, 5.41) is 6.66. The number of rotatable bonds is 5. The molecule has 0 saturated carbocycles. The molecule has 6 nitrogen and oxygen atoms in total. The van der Waals surface area contributed by atoms with Crippen LogP contribution in [0.5, 0.6) is 5.75 Å². The van der Waals surface area contributed by atoms with Crippen LogP contribution in [-0.2, 0) is 17.5 Å². The fraction of sp³-hybridized carbons (Fsp3) is 0.261. The highest BCUT2D eigenvalue weighted by molar-refractivity contribution is 5.92. The van der Waals surface area contributed by atoms with Gasteiger partial charge in [0.2, 0.25) is 5.91 Å². The molecule has 0 radical (unpaired) electrons. The van der Waals surface area contributed by atoms with E-state index < -0.39 is 29.8 Å². The molecule has 1 amide bonds. The van der Waals surface area contributed by atoms with Gasteiger partial charge in [0.05, 0.1) is 24.1 Å². The number of hydrogen-bond donors (Lipinski definition) is 1. The Labute approximate surface area is 182 Å². The van der Waals surface area contributed by atoms with E-state index >= 15 is 0 Å². The highest BCUT2D eigenvalue weighted by atomic mass is 19.4. The van der Waals surface area contributed by atoms with Gasteiger partial charge in [0, 0.05) is 11.6 Å². The number of methoxy groups -OCH3 is 1. The minimum Gasteiger partial charge on any atom is -0.495 e. The molecule has 0 atom stereocenters. The van der Waals surface area contributed by atoms with Crippen molar-refractivity contribution in [3.8, 4) is 17.0 Å². The molecule has 9 heteroatoms. The van der Waals surface area contributed by atoms with Gasteiger partial charge in [-0.2, -0.15) is 18.3 Å². The summed E-state index contributed by atoms with van der Waals surface area (Å²) in [5.74, 6) is -0.655. The predicted molar refractivity (Wildman–Crippen MR) is 115 cm³/mol. The van der Waals surface area contributed by atoms with Gasteiger partial charge in [-0.05, 0) is 67.8 Å². The number of nitrogens with zero attached hydrogens (tertiary/aromatic N) is 2. The Balaban J connectivity index is 1.89. The number of benzene rings is 2. The Morgan fingerprint density at radius 1 is 1.03 bits per heavy atom. The first-order chi connectivity index (χ1) is 15.0.